The highest BCUT2D eigenvalue weighted by Gasteiger charge is 2.17. The highest BCUT2D eigenvalue weighted by Crippen LogP contribution is 2.29. The molecule has 2 aromatic rings. The second kappa shape index (κ2) is 5.59. The Balaban J connectivity index is 2.47. The van der Waals surface area contributed by atoms with Crippen LogP contribution in [0.2, 0.25) is 5.02 Å². The van der Waals surface area contributed by atoms with Crippen LogP contribution in [0.15, 0.2) is 36.4 Å². The van der Waals surface area contributed by atoms with Gasteiger partial charge in [0.2, 0.25) is 0 Å². The van der Waals surface area contributed by atoms with Gasteiger partial charge < -0.3 is 5.11 Å². The van der Waals surface area contributed by atoms with E-state index in [9.17, 15) is 13.6 Å². The Kier molecular flexibility index (Phi) is 4.04. The maximum absolute atomic E-state index is 14.0. The zero-order chi connectivity index (χ0) is 14.9. The molecule has 0 amide bonds. The van der Waals surface area contributed by atoms with Gasteiger partial charge >= 0.3 is 5.97 Å². The van der Waals surface area contributed by atoms with Gasteiger partial charge in [-0.2, -0.15) is 0 Å². The summed E-state index contributed by atoms with van der Waals surface area (Å²) in [6.45, 7) is 1.46. The first-order chi connectivity index (χ1) is 9.40. The van der Waals surface area contributed by atoms with Crippen LogP contribution in [0.25, 0.3) is 11.1 Å². The highest BCUT2D eigenvalue weighted by molar-refractivity contribution is 6.30. The molecule has 0 aliphatic carbocycles. The average Bonchev–Trinajstić information content (AvgIpc) is 2.38. The summed E-state index contributed by atoms with van der Waals surface area (Å²) in [5, 5.41) is 9.11. The largest absolute Gasteiger partial charge is 0.481 e. The third kappa shape index (κ3) is 2.80. The molecule has 0 saturated heterocycles. The van der Waals surface area contributed by atoms with Gasteiger partial charge in [-0.15, -0.1) is 0 Å². The second-order valence-electron chi connectivity index (χ2n) is 4.42. The molecule has 0 heterocycles. The summed E-state index contributed by atoms with van der Waals surface area (Å²) in [7, 11) is 0. The molecular formula is C15H11ClF2O2. The first-order valence-electron chi connectivity index (χ1n) is 5.88. The van der Waals surface area contributed by atoms with E-state index < -0.39 is 23.5 Å². The summed E-state index contributed by atoms with van der Waals surface area (Å²) >= 11 is 5.65. The number of benzene rings is 2. The quantitative estimate of drug-likeness (QED) is 0.907. The Morgan fingerprint density at radius 2 is 1.65 bits per heavy atom. The number of halogens is 3. The van der Waals surface area contributed by atoms with Crippen molar-refractivity contribution in [1.29, 1.82) is 0 Å². The molecule has 2 nitrogen and oxygen atoms in total. The van der Waals surface area contributed by atoms with Crippen molar-refractivity contribution < 1.29 is 18.7 Å². The van der Waals surface area contributed by atoms with E-state index in [-0.39, 0.29) is 16.1 Å². The second-order valence-corrected chi connectivity index (χ2v) is 4.86. The minimum Gasteiger partial charge on any atom is -0.481 e. The van der Waals surface area contributed by atoms with Gasteiger partial charge in [-0.25, -0.2) is 8.78 Å². The zero-order valence-corrected chi connectivity index (χ0v) is 11.3. The zero-order valence-electron chi connectivity index (χ0n) is 10.5. The van der Waals surface area contributed by atoms with Crippen molar-refractivity contribution in [2.75, 3.05) is 0 Å². The molecule has 0 spiro atoms. The number of hydrogen-bond donors (Lipinski definition) is 1. The number of carboxylic acids is 1. The van der Waals surface area contributed by atoms with E-state index in [1.165, 1.54) is 31.2 Å². The lowest BCUT2D eigenvalue weighted by atomic mass is 9.97. The van der Waals surface area contributed by atoms with Crippen molar-refractivity contribution in [1.82, 2.24) is 0 Å². The fourth-order valence-electron chi connectivity index (χ4n) is 1.87. The van der Waals surface area contributed by atoms with Crippen molar-refractivity contribution in [3.63, 3.8) is 0 Å². The normalized spacial score (nSPS) is 12.2. The summed E-state index contributed by atoms with van der Waals surface area (Å²) in [6, 6.07) is 7.91. The van der Waals surface area contributed by atoms with E-state index in [1.807, 2.05) is 0 Å². The lowest BCUT2D eigenvalue weighted by Gasteiger charge is -2.10. The van der Waals surface area contributed by atoms with Gasteiger partial charge in [0.1, 0.15) is 11.6 Å². The molecule has 0 fully saturated rings. The Hall–Kier alpha value is -1.94. The van der Waals surface area contributed by atoms with E-state index in [0.717, 1.165) is 12.1 Å². The fourth-order valence-corrected chi connectivity index (χ4v) is 2.03. The molecule has 1 atom stereocenters. The molecule has 0 aliphatic heterocycles. The van der Waals surface area contributed by atoms with E-state index in [0.29, 0.717) is 5.56 Å². The SMILES string of the molecule is CC(C(=O)O)c1ccc(-c2ccc(Cl)cc2F)c(F)c1. The van der Waals surface area contributed by atoms with Crippen LogP contribution in [0.1, 0.15) is 18.4 Å². The summed E-state index contributed by atoms with van der Waals surface area (Å²) in [5.41, 5.74) is 0.482. The Morgan fingerprint density at radius 3 is 2.15 bits per heavy atom. The number of rotatable bonds is 3. The van der Waals surface area contributed by atoms with Crippen LogP contribution in [0.3, 0.4) is 0 Å². The molecule has 104 valence electrons. The van der Waals surface area contributed by atoms with Crippen LogP contribution in [0.4, 0.5) is 8.78 Å². The minimum atomic E-state index is -1.05. The molecular weight excluding hydrogens is 286 g/mol. The molecule has 0 bridgehead atoms. The molecule has 5 heteroatoms. The maximum atomic E-state index is 14.0. The van der Waals surface area contributed by atoms with Crippen molar-refractivity contribution in [2.45, 2.75) is 12.8 Å². The van der Waals surface area contributed by atoms with Gasteiger partial charge in [0.15, 0.2) is 0 Å². The molecule has 20 heavy (non-hydrogen) atoms. The van der Waals surface area contributed by atoms with Crippen LogP contribution in [-0.4, -0.2) is 11.1 Å². The van der Waals surface area contributed by atoms with Crippen molar-refractivity contribution >= 4 is 17.6 Å². The molecule has 0 saturated carbocycles. The molecule has 1 unspecified atom stereocenters. The predicted molar refractivity (Wildman–Crippen MR) is 72.9 cm³/mol. The van der Waals surface area contributed by atoms with E-state index >= 15 is 0 Å². The highest BCUT2D eigenvalue weighted by atomic mass is 35.5. The van der Waals surface area contributed by atoms with Gasteiger partial charge in [0.05, 0.1) is 5.92 Å². The number of aliphatic carboxylic acids is 1. The molecule has 0 radical (unpaired) electrons. The maximum Gasteiger partial charge on any atom is 0.310 e. The molecule has 0 aliphatic rings. The fraction of sp³-hybridized carbons (Fsp3) is 0.133. The number of carboxylic acid groups (broad SMARTS) is 1. The van der Waals surface area contributed by atoms with E-state index in [2.05, 4.69) is 0 Å². The summed E-state index contributed by atoms with van der Waals surface area (Å²) in [4.78, 5) is 10.9. The molecule has 1 N–H and O–H groups in total. The van der Waals surface area contributed by atoms with Crippen LogP contribution in [-0.2, 0) is 4.79 Å². The third-order valence-corrected chi connectivity index (χ3v) is 3.32. The predicted octanol–water partition coefficient (Wildman–Crippen LogP) is 4.47. The Morgan fingerprint density at radius 1 is 1.10 bits per heavy atom. The standard InChI is InChI=1S/C15H11ClF2O2/c1-8(15(19)20)9-2-4-11(13(17)6-9)12-5-3-10(16)7-14(12)18/h2-8H,1H3,(H,19,20). The molecule has 0 aromatic heterocycles. The smallest absolute Gasteiger partial charge is 0.310 e. The van der Waals surface area contributed by atoms with E-state index in [4.69, 9.17) is 16.7 Å². The van der Waals surface area contributed by atoms with Crippen LogP contribution in [0.5, 0.6) is 0 Å². The lowest BCUT2D eigenvalue weighted by Crippen LogP contribution is -2.07. The first kappa shape index (κ1) is 14.5. The van der Waals surface area contributed by atoms with Crippen LogP contribution >= 0.6 is 11.6 Å². The van der Waals surface area contributed by atoms with Gasteiger partial charge in [0, 0.05) is 16.1 Å². The molecule has 2 rings (SSSR count). The van der Waals surface area contributed by atoms with Crippen molar-refractivity contribution in [3.8, 4) is 11.1 Å². The Labute approximate surface area is 119 Å². The lowest BCUT2D eigenvalue weighted by molar-refractivity contribution is -0.138. The van der Waals surface area contributed by atoms with Gasteiger partial charge in [0.25, 0.3) is 0 Å². The van der Waals surface area contributed by atoms with Crippen molar-refractivity contribution in [2.24, 2.45) is 0 Å². The van der Waals surface area contributed by atoms with Crippen LogP contribution in [0, 0.1) is 11.6 Å². The molecule has 2 aromatic carbocycles. The van der Waals surface area contributed by atoms with Gasteiger partial charge in [-0.3, -0.25) is 4.79 Å². The number of hydrogen-bond acceptors (Lipinski definition) is 1. The topological polar surface area (TPSA) is 37.3 Å². The van der Waals surface area contributed by atoms with E-state index in [1.54, 1.807) is 0 Å². The summed E-state index contributed by atoms with van der Waals surface area (Å²) in [5.74, 6) is -3.17. The number of carbonyl (C=O) groups is 1. The first-order valence-corrected chi connectivity index (χ1v) is 6.25. The average molecular weight is 297 g/mol. The summed E-state index contributed by atoms with van der Waals surface area (Å²) in [6.07, 6.45) is 0. The third-order valence-electron chi connectivity index (χ3n) is 3.08. The van der Waals surface area contributed by atoms with Crippen LogP contribution < -0.4 is 0 Å². The monoisotopic (exact) mass is 296 g/mol. The van der Waals surface area contributed by atoms with Gasteiger partial charge in [-0.1, -0.05) is 23.7 Å². The summed E-state index contributed by atoms with van der Waals surface area (Å²) < 4.78 is 27.8. The van der Waals surface area contributed by atoms with Gasteiger partial charge in [-0.05, 0) is 36.8 Å². The Bertz CT molecular complexity index is 671. The minimum absolute atomic E-state index is 0.0699. The van der Waals surface area contributed by atoms with Crippen molar-refractivity contribution in [3.05, 3.63) is 58.6 Å².